The molecule has 30 heavy (non-hydrogen) atoms. The molecule has 2 aliphatic rings. The van der Waals surface area contributed by atoms with Gasteiger partial charge in [-0.25, -0.2) is 9.59 Å². The van der Waals surface area contributed by atoms with Crippen molar-refractivity contribution in [1.29, 1.82) is 0 Å². The van der Waals surface area contributed by atoms with Crippen molar-refractivity contribution in [1.82, 2.24) is 4.90 Å². The standard InChI is InChI=1S/C20H31NO3.C2H2O4/c1-3-16(4-2)14-21-10-7-17(8-11-21)9-12-22-18-5-6-19-20(13-18)24-15-23-19;3-1(4)2(5)6/h5-6,13,16-17H,3-4,7-12,14-15H2,1-2H3;(H,3,4)(H,5,6). The number of hydrogen-bond donors (Lipinski definition) is 2. The molecule has 0 bridgehead atoms. The molecule has 0 saturated carbocycles. The number of piperidine rings is 1. The van der Waals surface area contributed by atoms with Gasteiger partial charge < -0.3 is 29.3 Å². The Morgan fingerprint density at radius 2 is 1.73 bits per heavy atom. The van der Waals surface area contributed by atoms with Gasteiger partial charge in [0.25, 0.3) is 0 Å². The zero-order valence-corrected chi connectivity index (χ0v) is 17.8. The van der Waals surface area contributed by atoms with Crippen LogP contribution in [0.5, 0.6) is 17.2 Å². The van der Waals surface area contributed by atoms with E-state index in [-0.39, 0.29) is 0 Å². The van der Waals surface area contributed by atoms with Gasteiger partial charge in [0.15, 0.2) is 11.5 Å². The monoisotopic (exact) mass is 423 g/mol. The molecule has 8 heteroatoms. The highest BCUT2D eigenvalue weighted by molar-refractivity contribution is 6.27. The van der Waals surface area contributed by atoms with Crippen molar-refractivity contribution >= 4 is 11.9 Å². The van der Waals surface area contributed by atoms with Crippen molar-refractivity contribution in [2.24, 2.45) is 11.8 Å². The summed E-state index contributed by atoms with van der Waals surface area (Å²) in [6, 6.07) is 5.82. The highest BCUT2D eigenvalue weighted by Gasteiger charge is 2.21. The van der Waals surface area contributed by atoms with Crippen LogP contribution < -0.4 is 14.2 Å². The van der Waals surface area contributed by atoms with Gasteiger partial charge in [0, 0.05) is 12.6 Å². The summed E-state index contributed by atoms with van der Waals surface area (Å²) in [5, 5.41) is 14.8. The van der Waals surface area contributed by atoms with Gasteiger partial charge in [-0.05, 0) is 56.3 Å². The number of nitrogens with zero attached hydrogens (tertiary/aromatic N) is 1. The van der Waals surface area contributed by atoms with Gasteiger partial charge in [0.1, 0.15) is 5.75 Å². The molecule has 0 radical (unpaired) electrons. The van der Waals surface area contributed by atoms with Gasteiger partial charge in [0.2, 0.25) is 6.79 Å². The number of benzene rings is 1. The van der Waals surface area contributed by atoms with Crippen LogP contribution in [0.3, 0.4) is 0 Å². The molecule has 0 amide bonds. The lowest BCUT2D eigenvalue weighted by atomic mass is 9.92. The van der Waals surface area contributed by atoms with Crippen molar-refractivity contribution in [2.75, 3.05) is 33.0 Å². The van der Waals surface area contributed by atoms with Gasteiger partial charge in [-0.2, -0.15) is 0 Å². The van der Waals surface area contributed by atoms with E-state index in [4.69, 9.17) is 34.0 Å². The number of carboxylic acid groups (broad SMARTS) is 2. The van der Waals surface area contributed by atoms with Gasteiger partial charge >= 0.3 is 11.9 Å². The Balaban J connectivity index is 0.000000469. The number of carbonyl (C=O) groups is 2. The maximum absolute atomic E-state index is 9.10. The molecule has 0 unspecified atom stereocenters. The van der Waals surface area contributed by atoms with Crippen molar-refractivity contribution in [3.8, 4) is 17.2 Å². The van der Waals surface area contributed by atoms with E-state index < -0.39 is 11.9 Å². The molecule has 0 atom stereocenters. The van der Waals surface area contributed by atoms with E-state index in [9.17, 15) is 0 Å². The average molecular weight is 424 g/mol. The Hall–Kier alpha value is -2.48. The minimum atomic E-state index is -1.82. The Bertz CT molecular complexity index is 670. The number of hydrogen-bond acceptors (Lipinski definition) is 6. The summed E-state index contributed by atoms with van der Waals surface area (Å²) in [6.07, 6.45) is 6.38. The lowest BCUT2D eigenvalue weighted by molar-refractivity contribution is -0.159. The van der Waals surface area contributed by atoms with Crippen LogP contribution in [0.25, 0.3) is 0 Å². The zero-order chi connectivity index (χ0) is 21.9. The van der Waals surface area contributed by atoms with Crippen molar-refractivity contribution in [3.05, 3.63) is 18.2 Å². The zero-order valence-electron chi connectivity index (χ0n) is 17.8. The fourth-order valence-electron chi connectivity index (χ4n) is 3.68. The number of likely N-dealkylation sites (tertiary alicyclic amines) is 1. The van der Waals surface area contributed by atoms with Crippen LogP contribution in [0, 0.1) is 11.8 Å². The highest BCUT2D eigenvalue weighted by atomic mass is 16.7. The summed E-state index contributed by atoms with van der Waals surface area (Å²) in [7, 11) is 0. The third-order valence-electron chi connectivity index (χ3n) is 5.70. The molecule has 2 heterocycles. The van der Waals surface area contributed by atoms with Crippen LogP contribution >= 0.6 is 0 Å². The summed E-state index contributed by atoms with van der Waals surface area (Å²) in [6.45, 7) is 9.53. The number of fused-ring (bicyclic) bond motifs is 1. The molecule has 3 rings (SSSR count). The van der Waals surface area contributed by atoms with Crippen LogP contribution in [0.15, 0.2) is 18.2 Å². The van der Waals surface area contributed by atoms with Crippen LogP contribution in [-0.2, 0) is 9.59 Å². The Morgan fingerprint density at radius 1 is 1.10 bits per heavy atom. The Labute approximate surface area is 177 Å². The van der Waals surface area contributed by atoms with Crippen LogP contribution in [0.1, 0.15) is 46.0 Å². The van der Waals surface area contributed by atoms with Gasteiger partial charge in [-0.1, -0.05) is 26.7 Å². The lowest BCUT2D eigenvalue weighted by Gasteiger charge is -2.34. The fourth-order valence-corrected chi connectivity index (χ4v) is 3.68. The summed E-state index contributed by atoms with van der Waals surface area (Å²) in [4.78, 5) is 20.9. The topological polar surface area (TPSA) is 106 Å². The predicted molar refractivity (Wildman–Crippen MR) is 111 cm³/mol. The minimum absolute atomic E-state index is 0.314. The second-order valence-corrected chi connectivity index (χ2v) is 7.69. The van der Waals surface area contributed by atoms with Gasteiger partial charge in [-0.15, -0.1) is 0 Å². The van der Waals surface area contributed by atoms with Crippen LogP contribution in [-0.4, -0.2) is 60.1 Å². The molecule has 2 aliphatic heterocycles. The quantitative estimate of drug-likeness (QED) is 0.612. The van der Waals surface area contributed by atoms with Crippen molar-refractivity contribution in [2.45, 2.75) is 46.0 Å². The molecule has 0 aliphatic carbocycles. The van der Waals surface area contributed by atoms with Gasteiger partial charge in [0.05, 0.1) is 6.61 Å². The second-order valence-electron chi connectivity index (χ2n) is 7.69. The maximum atomic E-state index is 9.10. The van der Waals surface area contributed by atoms with Crippen molar-refractivity contribution < 1.29 is 34.0 Å². The number of ether oxygens (including phenoxy) is 3. The first-order chi connectivity index (χ1) is 14.4. The van der Waals surface area contributed by atoms with E-state index in [1.54, 1.807) is 0 Å². The Kier molecular flexibility index (Phi) is 9.73. The molecule has 8 nitrogen and oxygen atoms in total. The Morgan fingerprint density at radius 3 is 2.33 bits per heavy atom. The molecular weight excluding hydrogens is 390 g/mol. The van der Waals surface area contributed by atoms with Crippen LogP contribution in [0.2, 0.25) is 0 Å². The maximum Gasteiger partial charge on any atom is 0.414 e. The van der Waals surface area contributed by atoms with E-state index in [2.05, 4.69) is 18.7 Å². The normalized spacial score (nSPS) is 16.1. The smallest absolute Gasteiger partial charge is 0.414 e. The largest absolute Gasteiger partial charge is 0.493 e. The SMILES string of the molecule is CCC(CC)CN1CCC(CCOc2ccc3c(c2)OCO3)CC1.O=C(O)C(=O)O. The molecule has 1 aromatic carbocycles. The second kappa shape index (κ2) is 12.3. The molecule has 168 valence electrons. The first kappa shape index (κ1) is 23.8. The van der Waals surface area contributed by atoms with E-state index in [1.165, 1.54) is 45.3 Å². The molecule has 1 fully saturated rings. The van der Waals surface area contributed by atoms with E-state index in [0.29, 0.717) is 6.79 Å². The van der Waals surface area contributed by atoms with E-state index in [1.807, 2.05) is 18.2 Å². The third-order valence-corrected chi connectivity index (χ3v) is 5.70. The molecule has 0 aromatic heterocycles. The first-order valence-corrected chi connectivity index (χ1v) is 10.6. The number of rotatable bonds is 8. The summed E-state index contributed by atoms with van der Waals surface area (Å²) < 4.78 is 16.6. The molecule has 1 saturated heterocycles. The average Bonchev–Trinajstić information content (AvgIpc) is 3.21. The first-order valence-electron chi connectivity index (χ1n) is 10.6. The molecule has 2 N–H and O–H groups in total. The predicted octanol–water partition coefficient (Wildman–Crippen LogP) is 3.49. The van der Waals surface area contributed by atoms with Crippen molar-refractivity contribution in [3.63, 3.8) is 0 Å². The number of carboxylic acids is 2. The third kappa shape index (κ3) is 7.74. The van der Waals surface area contributed by atoms with Crippen LogP contribution in [0.4, 0.5) is 0 Å². The summed E-state index contributed by atoms with van der Waals surface area (Å²) in [5.74, 6) is 0.512. The number of aliphatic carboxylic acids is 2. The summed E-state index contributed by atoms with van der Waals surface area (Å²) in [5.41, 5.74) is 0. The fraction of sp³-hybridized carbons (Fsp3) is 0.636. The van der Waals surface area contributed by atoms with Gasteiger partial charge in [-0.3, -0.25) is 0 Å². The summed E-state index contributed by atoms with van der Waals surface area (Å²) >= 11 is 0. The molecular formula is C22H33NO7. The van der Waals surface area contributed by atoms with E-state index >= 15 is 0 Å². The molecule has 1 aromatic rings. The molecule has 0 spiro atoms. The minimum Gasteiger partial charge on any atom is -0.493 e. The lowest BCUT2D eigenvalue weighted by Crippen LogP contribution is -2.37. The highest BCUT2D eigenvalue weighted by Crippen LogP contribution is 2.35. The van der Waals surface area contributed by atoms with E-state index in [0.717, 1.165) is 42.1 Å².